The molecule has 0 bridgehead atoms. The second-order valence-corrected chi connectivity index (χ2v) is 8.04. The van der Waals surface area contributed by atoms with Crippen LogP contribution in [0.2, 0.25) is 0 Å². The maximum atomic E-state index is 13.8. The molecule has 0 aliphatic carbocycles. The summed E-state index contributed by atoms with van der Waals surface area (Å²) in [5.41, 5.74) is 3.02. The molecule has 0 spiro atoms. The first-order valence-corrected chi connectivity index (χ1v) is 10.6. The largest absolute Gasteiger partial charge is 0.338 e. The van der Waals surface area contributed by atoms with Gasteiger partial charge in [-0.05, 0) is 44.5 Å². The Morgan fingerprint density at radius 3 is 2.38 bits per heavy atom. The lowest BCUT2D eigenvalue weighted by Gasteiger charge is -2.17. The number of anilines is 1. The van der Waals surface area contributed by atoms with Crippen LogP contribution in [0.4, 0.5) is 10.1 Å². The van der Waals surface area contributed by atoms with E-state index in [1.54, 1.807) is 12.1 Å². The standard InChI is InChI=1S/C25H25FN4O2/c1-16-20(14-23(31)29-22-11-7-6-10-21(22)26)17(2)28-24(27-16)19-12-13-30(15-19)25(32)18-8-4-3-5-9-18/h3-11,19H,12-15H2,1-2H3,(H,29,31). The highest BCUT2D eigenvalue weighted by Gasteiger charge is 2.30. The molecule has 7 heteroatoms. The van der Waals surface area contributed by atoms with E-state index in [0.717, 1.165) is 23.4 Å². The van der Waals surface area contributed by atoms with E-state index in [1.807, 2.05) is 49.1 Å². The van der Waals surface area contributed by atoms with E-state index >= 15 is 0 Å². The average Bonchev–Trinajstić information content (AvgIpc) is 3.28. The van der Waals surface area contributed by atoms with Gasteiger partial charge >= 0.3 is 0 Å². The lowest BCUT2D eigenvalue weighted by molar-refractivity contribution is -0.115. The summed E-state index contributed by atoms with van der Waals surface area (Å²) in [6.07, 6.45) is 0.861. The number of hydrogen-bond acceptors (Lipinski definition) is 4. The summed E-state index contributed by atoms with van der Waals surface area (Å²) >= 11 is 0. The summed E-state index contributed by atoms with van der Waals surface area (Å²) < 4.78 is 13.8. The van der Waals surface area contributed by atoms with Crippen molar-refractivity contribution in [1.82, 2.24) is 14.9 Å². The third kappa shape index (κ3) is 4.66. The molecule has 0 radical (unpaired) electrons. The van der Waals surface area contributed by atoms with Gasteiger partial charge in [0.15, 0.2) is 0 Å². The van der Waals surface area contributed by atoms with Gasteiger partial charge in [-0.2, -0.15) is 0 Å². The number of aryl methyl sites for hydroxylation is 2. The molecule has 0 saturated carbocycles. The molecule has 1 saturated heterocycles. The molecular weight excluding hydrogens is 407 g/mol. The zero-order valence-corrected chi connectivity index (χ0v) is 18.1. The number of benzene rings is 2. The first kappa shape index (κ1) is 21.6. The number of likely N-dealkylation sites (tertiary alicyclic amines) is 1. The van der Waals surface area contributed by atoms with Crippen molar-refractivity contribution < 1.29 is 14.0 Å². The molecule has 4 rings (SSSR count). The fraction of sp³-hybridized carbons (Fsp3) is 0.280. The third-order valence-corrected chi connectivity index (χ3v) is 5.78. The Morgan fingerprint density at radius 2 is 1.69 bits per heavy atom. The van der Waals surface area contributed by atoms with Crippen LogP contribution in [-0.4, -0.2) is 39.8 Å². The summed E-state index contributed by atoms with van der Waals surface area (Å²) in [6, 6.07) is 15.3. The average molecular weight is 432 g/mol. The normalized spacial score (nSPS) is 15.6. The van der Waals surface area contributed by atoms with Gasteiger partial charge in [0.1, 0.15) is 11.6 Å². The molecule has 164 valence electrons. The molecule has 6 nitrogen and oxygen atoms in total. The molecule has 2 heterocycles. The predicted octanol–water partition coefficient (Wildman–Crippen LogP) is 4.04. The van der Waals surface area contributed by atoms with E-state index in [0.29, 0.717) is 24.5 Å². The van der Waals surface area contributed by atoms with E-state index in [1.165, 1.54) is 12.1 Å². The predicted molar refractivity (Wildman–Crippen MR) is 120 cm³/mol. The van der Waals surface area contributed by atoms with Crippen molar-refractivity contribution in [1.29, 1.82) is 0 Å². The number of para-hydroxylation sites is 1. The Morgan fingerprint density at radius 1 is 1.03 bits per heavy atom. The van der Waals surface area contributed by atoms with Crippen molar-refractivity contribution in [2.24, 2.45) is 0 Å². The maximum Gasteiger partial charge on any atom is 0.253 e. The Bertz CT molecular complexity index is 1130. The van der Waals surface area contributed by atoms with Crippen LogP contribution in [0.5, 0.6) is 0 Å². The highest BCUT2D eigenvalue weighted by molar-refractivity contribution is 5.94. The van der Waals surface area contributed by atoms with Crippen LogP contribution in [0.25, 0.3) is 0 Å². The number of hydrogen-bond donors (Lipinski definition) is 1. The maximum absolute atomic E-state index is 13.8. The van der Waals surface area contributed by atoms with Gasteiger partial charge in [0, 0.05) is 41.5 Å². The fourth-order valence-corrected chi connectivity index (χ4v) is 4.04. The van der Waals surface area contributed by atoms with E-state index in [2.05, 4.69) is 15.3 Å². The van der Waals surface area contributed by atoms with Crippen LogP contribution < -0.4 is 5.32 Å². The minimum atomic E-state index is -0.475. The van der Waals surface area contributed by atoms with Crippen molar-refractivity contribution in [3.8, 4) is 0 Å². The van der Waals surface area contributed by atoms with Crippen LogP contribution in [0.1, 0.15) is 45.5 Å². The van der Waals surface area contributed by atoms with Crippen molar-refractivity contribution in [3.63, 3.8) is 0 Å². The van der Waals surface area contributed by atoms with Crippen molar-refractivity contribution in [3.05, 3.63) is 88.8 Å². The van der Waals surface area contributed by atoms with Gasteiger partial charge in [0.25, 0.3) is 5.91 Å². The Kier molecular flexibility index (Phi) is 6.25. The molecule has 1 aromatic heterocycles. The molecule has 1 aliphatic heterocycles. The summed E-state index contributed by atoms with van der Waals surface area (Å²) in [4.78, 5) is 36.3. The van der Waals surface area contributed by atoms with Gasteiger partial charge in [-0.3, -0.25) is 9.59 Å². The minimum absolute atomic E-state index is 0.0166. The summed E-state index contributed by atoms with van der Waals surface area (Å²) in [5, 5.41) is 2.60. The number of amides is 2. The third-order valence-electron chi connectivity index (χ3n) is 5.78. The van der Waals surface area contributed by atoms with Crippen LogP contribution in [0.15, 0.2) is 54.6 Å². The smallest absolute Gasteiger partial charge is 0.253 e. The quantitative estimate of drug-likeness (QED) is 0.660. The van der Waals surface area contributed by atoms with Gasteiger partial charge < -0.3 is 10.2 Å². The SMILES string of the molecule is Cc1nc(C2CCN(C(=O)c3ccccc3)C2)nc(C)c1CC(=O)Nc1ccccc1F. The molecule has 1 N–H and O–H groups in total. The minimum Gasteiger partial charge on any atom is -0.338 e. The lowest BCUT2D eigenvalue weighted by Crippen LogP contribution is -2.28. The lowest BCUT2D eigenvalue weighted by atomic mass is 10.0. The summed E-state index contributed by atoms with van der Waals surface area (Å²) in [6.45, 7) is 4.93. The molecule has 1 atom stereocenters. The first-order chi connectivity index (χ1) is 15.4. The highest BCUT2D eigenvalue weighted by Crippen LogP contribution is 2.27. The van der Waals surface area contributed by atoms with Gasteiger partial charge in [-0.15, -0.1) is 0 Å². The van der Waals surface area contributed by atoms with Gasteiger partial charge in [-0.25, -0.2) is 14.4 Å². The monoisotopic (exact) mass is 432 g/mol. The van der Waals surface area contributed by atoms with Gasteiger partial charge in [0.05, 0.1) is 12.1 Å². The number of carbonyl (C=O) groups excluding carboxylic acids is 2. The summed E-state index contributed by atoms with van der Waals surface area (Å²) in [7, 11) is 0. The molecule has 32 heavy (non-hydrogen) atoms. The molecule has 3 aromatic rings. The van der Waals surface area contributed by atoms with Gasteiger partial charge in [0.2, 0.25) is 5.91 Å². The van der Waals surface area contributed by atoms with Crippen LogP contribution in [0, 0.1) is 19.7 Å². The van der Waals surface area contributed by atoms with Crippen molar-refractivity contribution in [2.75, 3.05) is 18.4 Å². The van der Waals surface area contributed by atoms with Crippen LogP contribution in [0.3, 0.4) is 0 Å². The van der Waals surface area contributed by atoms with Crippen LogP contribution >= 0.6 is 0 Å². The number of carbonyl (C=O) groups is 2. The topological polar surface area (TPSA) is 75.2 Å². The molecule has 2 aromatic carbocycles. The molecule has 1 unspecified atom stereocenters. The molecular formula is C25H25FN4O2. The van der Waals surface area contributed by atoms with Crippen molar-refractivity contribution in [2.45, 2.75) is 32.6 Å². The van der Waals surface area contributed by atoms with Crippen LogP contribution in [-0.2, 0) is 11.2 Å². The molecule has 2 amide bonds. The number of aromatic nitrogens is 2. The number of nitrogens with one attached hydrogen (secondary N) is 1. The second-order valence-electron chi connectivity index (χ2n) is 8.04. The van der Waals surface area contributed by atoms with E-state index in [9.17, 15) is 14.0 Å². The number of halogens is 1. The number of rotatable bonds is 5. The van der Waals surface area contributed by atoms with E-state index in [4.69, 9.17) is 0 Å². The first-order valence-electron chi connectivity index (χ1n) is 10.6. The Hall–Kier alpha value is -3.61. The van der Waals surface area contributed by atoms with E-state index < -0.39 is 5.82 Å². The Labute approximate surface area is 186 Å². The fourth-order valence-electron chi connectivity index (χ4n) is 4.04. The van der Waals surface area contributed by atoms with Crippen molar-refractivity contribution >= 4 is 17.5 Å². The molecule has 1 aliphatic rings. The van der Waals surface area contributed by atoms with Gasteiger partial charge in [-0.1, -0.05) is 30.3 Å². The highest BCUT2D eigenvalue weighted by atomic mass is 19.1. The summed E-state index contributed by atoms with van der Waals surface area (Å²) in [5.74, 6) is -0.0270. The van der Waals surface area contributed by atoms with E-state index in [-0.39, 0.29) is 29.8 Å². The zero-order valence-electron chi connectivity index (χ0n) is 18.1. The number of nitrogens with zero attached hydrogens (tertiary/aromatic N) is 3. The molecule has 1 fully saturated rings. The second kappa shape index (κ2) is 9.26. The Balaban J connectivity index is 1.44. The zero-order chi connectivity index (χ0) is 22.7.